The average Bonchev–Trinajstić information content (AvgIpc) is 3.15. The number of benzene rings is 2. The lowest BCUT2D eigenvalue weighted by Gasteiger charge is -2.18. The Labute approximate surface area is 167 Å². The Balaban J connectivity index is 1.80. The minimum atomic E-state index is -3.75. The molecule has 1 atom stereocenters. The molecule has 3 aromatic rings. The quantitative estimate of drug-likeness (QED) is 0.644. The molecule has 2 aromatic carbocycles. The molecule has 4 nitrogen and oxygen atoms in total. The van der Waals surface area contributed by atoms with Crippen molar-refractivity contribution in [2.45, 2.75) is 17.9 Å². The Morgan fingerprint density at radius 1 is 1.07 bits per heavy atom. The lowest BCUT2D eigenvalue weighted by molar-refractivity contribution is -0.119. The van der Waals surface area contributed by atoms with Crippen molar-refractivity contribution in [2.24, 2.45) is 0 Å². The highest BCUT2D eigenvalue weighted by atomic mass is 35.5. The number of sulfone groups is 1. The van der Waals surface area contributed by atoms with E-state index in [-0.39, 0.29) is 4.90 Å². The molecule has 27 heavy (non-hydrogen) atoms. The number of rotatable bonds is 6. The summed E-state index contributed by atoms with van der Waals surface area (Å²) in [7, 11) is -3.75. The van der Waals surface area contributed by atoms with Crippen LogP contribution in [0.1, 0.15) is 22.0 Å². The van der Waals surface area contributed by atoms with Gasteiger partial charge in [-0.3, -0.25) is 4.79 Å². The highest BCUT2D eigenvalue weighted by Gasteiger charge is 2.23. The molecule has 0 aliphatic heterocycles. The third-order valence-electron chi connectivity index (χ3n) is 4.04. The predicted molar refractivity (Wildman–Crippen MR) is 109 cm³/mol. The van der Waals surface area contributed by atoms with E-state index in [4.69, 9.17) is 11.6 Å². The Morgan fingerprint density at radius 2 is 1.74 bits per heavy atom. The van der Waals surface area contributed by atoms with Gasteiger partial charge in [-0.1, -0.05) is 47.5 Å². The molecule has 0 saturated heterocycles. The van der Waals surface area contributed by atoms with Crippen molar-refractivity contribution in [3.8, 4) is 0 Å². The summed E-state index contributed by atoms with van der Waals surface area (Å²) in [6.45, 7) is 1.99. The van der Waals surface area contributed by atoms with Gasteiger partial charge in [0.2, 0.25) is 5.91 Å². The summed E-state index contributed by atoms with van der Waals surface area (Å²) in [6.07, 6.45) is 0. The van der Waals surface area contributed by atoms with Crippen LogP contribution in [-0.2, 0) is 14.6 Å². The maximum atomic E-state index is 12.5. The van der Waals surface area contributed by atoms with Gasteiger partial charge in [-0.2, -0.15) is 0 Å². The minimum Gasteiger partial charge on any atom is -0.343 e. The number of aryl methyl sites for hydroxylation is 1. The van der Waals surface area contributed by atoms with E-state index in [2.05, 4.69) is 5.32 Å². The molecule has 0 fully saturated rings. The molecule has 1 unspecified atom stereocenters. The third kappa shape index (κ3) is 4.97. The zero-order chi connectivity index (χ0) is 19.4. The molecule has 1 heterocycles. The maximum Gasteiger partial charge on any atom is 0.236 e. The summed E-state index contributed by atoms with van der Waals surface area (Å²) in [5.74, 6) is -1.17. The second-order valence-electron chi connectivity index (χ2n) is 6.14. The van der Waals surface area contributed by atoms with E-state index in [0.717, 1.165) is 16.0 Å². The summed E-state index contributed by atoms with van der Waals surface area (Å²) in [5, 5.41) is 5.22. The van der Waals surface area contributed by atoms with Gasteiger partial charge in [0.15, 0.2) is 9.84 Å². The molecule has 7 heteroatoms. The molecule has 140 valence electrons. The van der Waals surface area contributed by atoms with E-state index in [9.17, 15) is 13.2 Å². The van der Waals surface area contributed by atoms with E-state index >= 15 is 0 Å². The molecule has 3 rings (SSSR count). The first-order valence-electron chi connectivity index (χ1n) is 8.23. The summed E-state index contributed by atoms with van der Waals surface area (Å²) in [6, 6.07) is 17.0. The van der Waals surface area contributed by atoms with Crippen LogP contribution >= 0.6 is 22.9 Å². The number of hydrogen-bond acceptors (Lipinski definition) is 4. The van der Waals surface area contributed by atoms with Crippen molar-refractivity contribution in [2.75, 3.05) is 5.75 Å². The fraction of sp³-hybridized carbons (Fsp3) is 0.150. The fourth-order valence-corrected chi connectivity index (χ4v) is 4.71. The Bertz CT molecular complexity index is 1010. The molecule has 0 radical (unpaired) electrons. The molecule has 1 N–H and O–H groups in total. The number of halogens is 1. The van der Waals surface area contributed by atoms with Gasteiger partial charge >= 0.3 is 0 Å². The zero-order valence-corrected chi connectivity index (χ0v) is 16.9. The molecule has 0 saturated carbocycles. The Hall–Kier alpha value is -2.15. The van der Waals surface area contributed by atoms with Crippen LogP contribution in [0.4, 0.5) is 0 Å². The Morgan fingerprint density at radius 3 is 2.33 bits per heavy atom. The van der Waals surface area contributed by atoms with Gasteiger partial charge < -0.3 is 5.32 Å². The van der Waals surface area contributed by atoms with E-state index in [1.54, 1.807) is 0 Å². The van der Waals surface area contributed by atoms with Crippen molar-refractivity contribution in [1.29, 1.82) is 0 Å². The molecular weight excluding hydrogens is 402 g/mol. The number of carbonyl (C=O) groups is 1. The van der Waals surface area contributed by atoms with Crippen LogP contribution < -0.4 is 5.32 Å². The molecular formula is C20H18ClNO3S2. The predicted octanol–water partition coefficient (Wildman–Crippen LogP) is 4.39. The third-order valence-corrected chi connectivity index (χ3v) is 6.86. The van der Waals surface area contributed by atoms with Gasteiger partial charge in [0.25, 0.3) is 0 Å². The molecule has 0 bridgehead atoms. The molecule has 1 amide bonds. The average molecular weight is 420 g/mol. The van der Waals surface area contributed by atoms with Crippen LogP contribution in [0.25, 0.3) is 0 Å². The lowest BCUT2D eigenvalue weighted by atomic mass is 10.0. The first kappa shape index (κ1) is 19.6. The molecule has 0 aliphatic carbocycles. The second-order valence-corrected chi connectivity index (χ2v) is 9.54. The smallest absolute Gasteiger partial charge is 0.236 e. The van der Waals surface area contributed by atoms with Gasteiger partial charge in [0.1, 0.15) is 5.75 Å². The van der Waals surface area contributed by atoms with Crippen molar-refractivity contribution in [1.82, 2.24) is 5.32 Å². The van der Waals surface area contributed by atoms with Gasteiger partial charge in [-0.15, -0.1) is 11.3 Å². The highest BCUT2D eigenvalue weighted by Crippen LogP contribution is 2.26. The van der Waals surface area contributed by atoms with E-state index in [0.29, 0.717) is 5.02 Å². The van der Waals surface area contributed by atoms with Crippen LogP contribution in [0.5, 0.6) is 0 Å². The van der Waals surface area contributed by atoms with Gasteiger partial charge in [0.05, 0.1) is 10.9 Å². The monoisotopic (exact) mass is 419 g/mol. The van der Waals surface area contributed by atoms with Crippen LogP contribution in [0, 0.1) is 6.92 Å². The normalized spacial score (nSPS) is 12.5. The van der Waals surface area contributed by atoms with Crippen molar-refractivity contribution < 1.29 is 13.2 Å². The molecule has 0 aliphatic rings. The number of thiophene rings is 1. The number of nitrogens with one attached hydrogen (secondary N) is 1. The number of hydrogen-bond donors (Lipinski definition) is 1. The van der Waals surface area contributed by atoms with Crippen molar-refractivity contribution in [3.05, 3.63) is 87.1 Å². The SMILES string of the molecule is Cc1ccc(C(NC(=O)CS(=O)(=O)c2ccc(Cl)cc2)c2cccs2)cc1. The standard InChI is InChI=1S/C20H18ClNO3S2/c1-14-4-6-15(7-5-14)20(18-3-2-12-26-18)22-19(23)13-27(24,25)17-10-8-16(21)9-11-17/h2-12,20H,13H2,1H3,(H,22,23). The van der Waals surface area contributed by atoms with E-state index in [1.165, 1.54) is 35.6 Å². The summed E-state index contributed by atoms with van der Waals surface area (Å²) < 4.78 is 25.0. The fourth-order valence-electron chi connectivity index (χ4n) is 2.63. The van der Waals surface area contributed by atoms with Crippen LogP contribution in [0.3, 0.4) is 0 Å². The van der Waals surface area contributed by atoms with Gasteiger partial charge in [-0.05, 0) is 48.2 Å². The summed E-state index contributed by atoms with van der Waals surface area (Å²) in [5.41, 5.74) is 2.01. The van der Waals surface area contributed by atoms with Crippen molar-refractivity contribution in [3.63, 3.8) is 0 Å². The van der Waals surface area contributed by atoms with Crippen LogP contribution in [0.15, 0.2) is 70.9 Å². The summed E-state index contributed by atoms with van der Waals surface area (Å²) in [4.78, 5) is 13.5. The molecule has 1 aromatic heterocycles. The lowest BCUT2D eigenvalue weighted by Crippen LogP contribution is -2.33. The highest BCUT2D eigenvalue weighted by molar-refractivity contribution is 7.92. The van der Waals surface area contributed by atoms with Gasteiger partial charge in [-0.25, -0.2) is 8.42 Å². The topological polar surface area (TPSA) is 63.2 Å². The van der Waals surface area contributed by atoms with E-state index < -0.39 is 27.5 Å². The first-order chi connectivity index (χ1) is 12.8. The van der Waals surface area contributed by atoms with Crippen LogP contribution in [-0.4, -0.2) is 20.1 Å². The van der Waals surface area contributed by atoms with Gasteiger partial charge in [0, 0.05) is 9.90 Å². The van der Waals surface area contributed by atoms with Crippen molar-refractivity contribution >= 4 is 38.7 Å². The Kier molecular flexibility index (Phi) is 5.99. The largest absolute Gasteiger partial charge is 0.343 e. The maximum absolute atomic E-state index is 12.5. The second kappa shape index (κ2) is 8.25. The number of carbonyl (C=O) groups excluding carboxylic acids is 1. The number of amides is 1. The zero-order valence-electron chi connectivity index (χ0n) is 14.6. The van der Waals surface area contributed by atoms with Crippen LogP contribution in [0.2, 0.25) is 5.02 Å². The molecule has 0 spiro atoms. The first-order valence-corrected chi connectivity index (χ1v) is 11.1. The minimum absolute atomic E-state index is 0.0741. The summed E-state index contributed by atoms with van der Waals surface area (Å²) >= 11 is 7.31. The van der Waals surface area contributed by atoms with E-state index in [1.807, 2.05) is 48.7 Å².